The predicted octanol–water partition coefficient (Wildman–Crippen LogP) is 1.98. The molecule has 1 atom stereocenters. The van der Waals surface area contributed by atoms with Crippen LogP contribution in [-0.2, 0) is 0 Å². The van der Waals surface area contributed by atoms with E-state index in [-0.39, 0.29) is 23.9 Å². The molecule has 0 saturated heterocycles. The van der Waals surface area contributed by atoms with Gasteiger partial charge in [0.25, 0.3) is 5.69 Å². The molecular weight excluding hydrogens is 236 g/mol. The standard InChI is InChI=1S/C12H16N2O4/c1-9(3-2-6-15)13-11-5-4-10(8-16)7-12(11)14(17)18/h4-5,7-9,13,15H,2-3,6H2,1H3. The van der Waals surface area contributed by atoms with Crippen molar-refractivity contribution in [1.29, 1.82) is 0 Å². The highest BCUT2D eigenvalue weighted by Crippen LogP contribution is 2.26. The fourth-order valence-corrected chi connectivity index (χ4v) is 1.63. The second-order valence-corrected chi connectivity index (χ2v) is 4.06. The van der Waals surface area contributed by atoms with Crippen LogP contribution in [0.2, 0.25) is 0 Å². The first kappa shape index (κ1) is 14.1. The summed E-state index contributed by atoms with van der Waals surface area (Å²) in [6, 6.07) is 4.31. The summed E-state index contributed by atoms with van der Waals surface area (Å²) in [6.07, 6.45) is 1.92. The predicted molar refractivity (Wildman–Crippen MR) is 67.9 cm³/mol. The lowest BCUT2D eigenvalue weighted by molar-refractivity contribution is -0.384. The molecule has 1 unspecified atom stereocenters. The lowest BCUT2D eigenvalue weighted by atomic mass is 10.1. The van der Waals surface area contributed by atoms with Gasteiger partial charge < -0.3 is 10.4 Å². The maximum atomic E-state index is 10.9. The van der Waals surface area contributed by atoms with Crippen LogP contribution in [0.5, 0.6) is 0 Å². The first-order valence-corrected chi connectivity index (χ1v) is 5.69. The van der Waals surface area contributed by atoms with Crippen molar-refractivity contribution in [2.24, 2.45) is 0 Å². The summed E-state index contributed by atoms with van der Waals surface area (Å²) in [5.74, 6) is 0. The highest BCUT2D eigenvalue weighted by molar-refractivity contribution is 5.79. The van der Waals surface area contributed by atoms with E-state index in [0.29, 0.717) is 24.8 Å². The molecule has 0 spiro atoms. The van der Waals surface area contributed by atoms with E-state index in [1.807, 2.05) is 6.92 Å². The van der Waals surface area contributed by atoms with Crippen LogP contribution in [0.25, 0.3) is 0 Å². The monoisotopic (exact) mass is 252 g/mol. The summed E-state index contributed by atoms with van der Waals surface area (Å²) in [4.78, 5) is 21.0. The summed E-state index contributed by atoms with van der Waals surface area (Å²) in [5, 5.41) is 22.6. The second-order valence-electron chi connectivity index (χ2n) is 4.06. The van der Waals surface area contributed by atoms with Crippen LogP contribution in [0.1, 0.15) is 30.1 Å². The van der Waals surface area contributed by atoms with Crippen LogP contribution in [0, 0.1) is 10.1 Å². The molecule has 6 heteroatoms. The average molecular weight is 252 g/mol. The Hall–Kier alpha value is -1.95. The number of carbonyl (C=O) groups is 1. The molecule has 0 fully saturated rings. The number of aldehydes is 1. The van der Waals surface area contributed by atoms with E-state index in [0.717, 1.165) is 0 Å². The molecule has 0 radical (unpaired) electrons. The number of nitrogens with zero attached hydrogens (tertiary/aromatic N) is 1. The molecule has 0 amide bonds. The number of hydrogen-bond acceptors (Lipinski definition) is 5. The average Bonchev–Trinajstić information content (AvgIpc) is 2.36. The van der Waals surface area contributed by atoms with Gasteiger partial charge in [-0.05, 0) is 31.9 Å². The minimum Gasteiger partial charge on any atom is -0.396 e. The van der Waals surface area contributed by atoms with Gasteiger partial charge in [0.2, 0.25) is 0 Å². The van der Waals surface area contributed by atoms with Gasteiger partial charge in [-0.15, -0.1) is 0 Å². The third kappa shape index (κ3) is 3.81. The van der Waals surface area contributed by atoms with Crippen molar-refractivity contribution < 1.29 is 14.8 Å². The van der Waals surface area contributed by atoms with E-state index in [9.17, 15) is 14.9 Å². The van der Waals surface area contributed by atoms with Gasteiger partial charge in [-0.25, -0.2) is 0 Å². The van der Waals surface area contributed by atoms with Crippen molar-refractivity contribution in [1.82, 2.24) is 0 Å². The minimum atomic E-state index is -0.520. The van der Waals surface area contributed by atoms with Crippen LogP contribution in [0.15, 0.2) is 18.2 Å². The molecule has 0 bridgehead atoms. The highest BCUT2D eigenvalue weighted by atomic mass is 16.6. The smallest absolute Gasteiger partial charge is 0.293 e. The molecule has 0 heterocycles. The van der Waals surface area contributed by atoms with E-state index in [1.54, 1.807) is 0 Å². The second kappa shape index (κ2) is 6.70. The number of aliphatic hydroxyl groups excluding tert-OH is 1. The molecule has 98 valence electrons. The molecule has 0 saturated carbocycles. The number of carbonyl (C=O) groups excluding carboxylic acids is 1. The summed E-state index contributed by atoms with van der Waals surface area (Å²) in [5.41, 5.74) is 0.543. The zero-order valence-corrected chi connectivity index (χ0v) is 10.1. The van der Waals surface area contributed by atoms with Crippen LogP contribution in [-0.4, -0.2) is 29.0 Å². The number of hydrogen-bond donors (Lipinski definition) is 2. The Morgan fingerprint density at radius 2 is 2.28 bits per heavy atom. The van der Waals surface area contributed by atoms with Crippen molar-refractivity contribution in [2.75, 3.05) is 11.9 Å². The Morgan fingerprint density at radius 1 is 1.56 bits per heavy atom. The maximum absolute atomic E-state index is 10.9. The quantitative estimate of drug-likeness (QED) is 0.439. The Kier molecular flexibility index (Phi) is 5.26. The van der Waals surface area contributed by atoms with Gasteiger partial charge in [0.05, 0.1) is 4.92 Å². The van der Waals surface area contributed by atoms with Gasteiger partial charge in [-0.2, -0.15) is 0 Å². The summed E-state index contributed by atoms with van der Waals surface area (Å²) < 4.78 is 0. The minimum absolute atomic E-state index is 0.0120. The highest BCUT2D eigenvalue weighted by Gasteiger charge is 2.15. The molecule has 6 nitrogen and oxygen atoms in total. The number of nitro benzene ring substituents is 1. The van der Waals surface area contributed by atoms with Crippen LogP contribution < -0.4 is 5.32 Å². The molecule has 1 aromatic rings. The molecular formula is C12H16N2O4. The van der Waals surface area contributed by atoms with Crippen molar-refractivity contribution in [3.8, 4) is 0 Å². The van der Waals surface area contributed by atoms with E-state index >= 15 is 0 Å². The lowest BCUT2D eigenvalue weighted by Crippen LogP contribution is -2.16. The fourth-order valence-electron chi connectivity index (χ4n) is 1.63. The molecule has 2 N–H and O–H groups in total. The first-order chi connectivity index (χ1) is 8.58. The van der Waals surface area contributed by atoms with Crippen molar-refractivity contribution in [3.05, 3.63) is 33.9 Å². The van der Waals surface area contributed by atoms with E-state index in [4.69, 9.17) is 5.11 Å². The number of aliphatic hydroxyl groups is 1. The number of benzene rings is 1. The Morgan fingerprint density at radius 3 is 2.83 bits per heavy atom. The molecule has 1 aromatic carbocycles. The van der Waals surface area contributed by atoms with Gasteiger partial charge in [0.1, 0.15) is 12.0 Å². The van der Waals surface area contributed by atoms with Crippen LogP contribution >= 0.6 is 0 Å². The van der Waals surface area contributed by atoms with Gasteiger partial charge in [-0.1, -0.05) is 0 Å². The van der Waals surface area contributed by atoms with Crippen molar-refractivity contribution in [3.63, 3.8) is 0 Å². The molecule has 1 rings (SSSR count). The Labute approximate surface area is 105 Å². The molecule has 0 aromatic heterocycles. The van der Waals surface area contributed by atoms with Crippen molar-refractivity contribution in [2.45, 2.75) is 25.8 Å². The zero-order chi connectivity index (χ0) is 13.5. The maximum Gasteiger partial charge on any atom is 0.293 e. The SMILES string of the molecule is CC(CCCO)Nc1ccc(C=O)cc1[N+](=O)[O-]. The lowest BCUT2D eigenvalue weighted by Gasteiger charge is -2.14. The van der Waals surface area contributed by atoms with E-state index < -0.39 is 4.92 Å². The summed E-state index contributed by atoms with van der Waals surface area (Å²) in [7, 11) is 0. The molecule has 18 heavy (non-hydrogen) atoms. The molecule has 0 aliphatic carbocycles. The normalized spacial score (nSPS) is 11.9. The number of nitro groups is 1. The van der Waals surface area contributed by atoms with E-state index in [1.165, 1.54) is 18.2 Å². The van der Waals surface area contributed by atoms with Crippen LogP contribution in [0.3, 0.4) is 0 Å². The van der Waals surface area contributed by atoms with Gasteiger partial charge in [-0.3, -0.25) is 14.9 Å². The molecule has 0 aliphatic heterocycles. The summed E-state index contributed by atoms with van der Waals surface area (Å²) in [6.45, 7) is 1.98. The molecule has 0 aliphatic rings. The zero-order valence-electron chi connectivity index (χ0n) is 10.1. The third-order valence-electron chi connectivity index (χ3n) is 2.55. The number of nitrogens with one attached hydrogen (secondary N) is 1. The topological polar surface area (TPSA) is 92.5 Å². The van der Waals surface area contributed by atoms with Crippen LogP contribution in [0.4, 0.5) is 11.4 Å². The fraction of sp³-hybridized carbons (Fsp3) is 0.417. The van der Waals surface area contributed by atoms with Crippen molar-refractivity contribution >= 4 is 17.7 Å². The Balaban J connectivity index is 2.87. The van der Waals surface area contributed by atoms with E-state index in [2.05, 4.69) is 5.32 Å². The largest absolute Gasteiger partial charge is 0.396 e. The number of anilines is 1. The van der Waals surface area contributed by atoms with Gasteiger partial charge >= 0.3 is 0 Å². The number of rotatable bonds is 7. The first-order valence-electron chi connectivity index (χ1n) is 5.69. The van der Waals surface area contributed by atoms with Gasteiger partial charge in [0, 0.05) is 24.3 Å². The summed E-state index contributed by atoms with van der Waals surface area (Å²) >= 11 is 0. The third-order valence-corrected chi connectivity index (χ3v) is 2.55. The van der Waals surface area contributed by atoms with Gasteiger partial charge in [0.15, 0.2) is 0 Å². The Bertz CT molecular complexity index is 434.